The van der Waals surface area contributed by atoms with Gasteiger partial charge in [-0.15, -0.1) is 0 Å². The second-order valence-corrected chi connectivity index (χ2v) is 5.88. The summed E-state index contributed by atoms with van der Waals surface area (Å²) in [5.41, 5.74) is 0.402. The maximum atomic E-state index is 12.6. The summed E-state index contributed by atoms with van der Waals surface area (Å²) in [6, 6.07) is 7.35. The molecule has 0 spiro atoms. The molecule has 0 bridgehead atoms. The number of benzene rings is 1. The zero-order chi connectivity index (χ0) is 17.8. The number of carbonyl (C=O) groups is 1. The molecule has 1 aromatic heterocycles. The summed E-state index contributed by atoms with van der Waals surface area (Å²) in [6.45, 7) is 2.88. The molecule has 0 aliphatic carbocycles. The van der Waals surface area contributed by atoms with E-state index in [4.69, 9.17) is 4.74 Å². The minimum Gasteiger partial charge on any atom is -0.472 e. The molecule has 2 aromatic rings. The maximum Gasteiger partial charge on any atom is 0.269 e. The number of non-ortho nitro benzene ring substituents is 1. The number of amides is 1. The van der Waals surface area contributed by atoms with Gasteiger partial charge in [0.1, 0.15) is 11.9 Å². The molecule has 130 valence electrons. The normalized spacial score (nSPS) is 17.2. The fraction of sp³-hybridized carbons (Fsp3) is 0.353. The maximum absolute atomic E-state index is 12.6. The molecule has 2 heterocycles. The summed E-state index contributed by atoms with van der Waals surface area (Å²) in [4.78, 5) is 32.8. The van der Waals surface area contributed by atoms with Crippen LogP contribution in [0.4, 0.5) is 5.69 Å². The first-order chi connectivity index (χ1) is 12.0. The Morgan fingerprint density at radius 3 is 2.76 bits per heavy atom. The summed E-state index contributed by atoms with van der Waals surface area (Å²) < 4.78 is 5.87. The Labute approximate surface area is 144 Å². The highest BCUT2D eigenvalue weighted by Crippen LogP contribution is 2.19. The van der Waals surface area contributed by atoms with E-state index in [-0.39, 0.29) is 17.7 Å². The molecular formula is C17H18N4O4. The second-order valence-electron chi connectivity index (χ2n) is 5.88. The van der Waals surface area contributed by atoms with E-state index in [0.717, 1.165) is 12.8 Å². The van der Waals surface area contributed by atoms with Crippen LogP contribution in [0.3, 0.4) is 0 Å². The number of nitrogens with zero attached hydrogens (tertiary/aromatic N) is 4. The predicted molar refractivity (Wildman–Crippen MR) is 89.4 cm³/mol. The van der Waals surface area contributed by atoms with Gasteiger partial charge in [0, 0.05) is 36.5 Å². The van der Waals surface area contributed by atoms with Gasteiger partial charge in [0.2, 0.25) is 5.88 Å². The molecule has 0 N–H and O–H groups in total. The first-order valence-corrected chi connectivity index (χ1v) is 8.03. The number of hydrogen-bond donors (Lipinski definition) is 0. The summed E-state index contributed by atoms with van der Waals surface area (Å²) in [5, 5.41) is 10.7. The molecule has 1 unspecified atom stereocenters. The summed E-state index contributed by atoms with van der Waals surface area (Å²) in [6.07, 6.45) is 3.17. The van der Waals surface area contributed by atoms with Crippen molar-refractivity contribution in [2.75, 3.05) is 13.1 Å². The van der Waals surface area contributed by atoms with Crippen molar-refractivity contribution < 1.29 is 14.5 Å². The lowest BCUT2D eigenvalue weighted by atomic mass is 10.1. The first kappa shape index (κ1) is 16.8. The van der Waals surface area contributed by atoms with Crippen LogP contribution in [0.1, 0.15) is 29.0 Å². The van der Waals surface area contributed by atoms with E-state index >= 15 is 0 Å². The number of rotatable bonds is 4. The van der Waals surface area contributed by atoms with Crippen LogP contribution in [-0.4, -0.2) is 44.9 Å². The average molecular weight is 342 g/mol. The number of piperidine rings is 1. The van der Waals surface area contributed by atoms with Gasteiger partial charge in [0.05, 0.1) is 11.5 Å². The Kier molecular flexibility index (Phi) is 4.87. The van der Waals surface area contributed by atoms with Crippen LogP contribution < -0.4 is 4.74 Å². The van der Waals surface area contributed by atoms with Crippen molar-refractivity contribution in [2.24, 2.45) is 0 Å². The van der Waals surface area contributed by atoms with Gasteiger partial charge in [-0.2, -0.15) is 4.98 Å². The van der Waals surface area contributed by atoms with Gasteiger partial charge in [0.25, 0.3) is 11.6 Å². The van der Waals surface area contributed by atoms with Crippen molar-refractivity contribution in [2.45, 2.75) is 25.9 Å². The molecule has 8 heteroatoms. The van der Waals surface area contributed by atoms with Crippen molar-refractivity contribution >= 4 is 11.6 Å². The van der Waals surface area contributed by atoms with Gasteiger partial charge in [-0.05, 0) is 31.9 Å². The number of aryl methyl sites for hydroxylation is 1. The number of aromatic nitrogens is 2. The molecule has 1 aliphatic heterocycles. The third-order valence-electron chi connectivity index (χ3n) is 4.03. The monoisotopic (exact) mass is 342 g/mol. The van der Waals surface area contributed by atoms with E-state index in [1.165, 1.54) is 24.3 Å². The smallest absolute Gasteiger partial charge is 0.269 e. The highest BCUT2D eigenvalue weighted by atomic mass is 16.6. The van der Waals surface area contributed by atoms with E-state index < -0.39 is 4.92 Å². The first-order valence-electron chi connectivity index (χ1n) is 8.03. The number of nitro groups is 1. The van der Waals surface area contributed by atoms with Crippen LogP contribution in [0, 0.1) is 17.0 Å². The molecule has 8 nitrogen and oxygen atoms in total. The quantitative estimate of drug-likeness (QED) is 0.625. The van der Waals surface area contributed by atoms with Gasteiger partial charge in [-0.25, -0.2) is 4.98 Å². The van der Waals surface area contributed by atoms with Crippen molar-refractivity contribution in [1.82, 2.24) is 14.9 Å². The molecule has 1 fully saturated rings. The number of hydrogen-bond acceptors (Lipinski definition) is 6. The number of likely N-dealkylation sites (tertiary alicyclic amines) is 1. The second kappa shape index (κ2) is 7.25. The fourth-order valence-electron chi connectivity index (χ4n) is 2.80. The zero-order valence-electron chi connectivity index (χ0n) is 13.8. The van der Waals surface area contributed by atoms with Gasteiger partial charge in [-0.1, -0.05) is 0 Å². The third-order valence-corrected chi connectivity index (χ3v) is 4.03. The third kappa shape index (κ3) is 4.09. The van der Waals surface area contributed by atoms with Crippen molar-refractivity contribution in [3.63, 3.8) is 0 Å². The van der Waals surface area contributed by atoms with Crippen molar-refractivity contribution in [1.29, 1.82) is 0 Å². The lowest BCUT2D eigenvalue weighted by Gasteiger charge is -2.32. The highest BCUT2D eigenvalue weighted by molar-refractivity contribution is 5.94. The van der Waals surface area contributed by atoms with Crippen molar-refractivity contribution in [3.8, 4) is 5.88 Å². The van der Waals surface area contributed by atoms with Crippen LogP contribution in [0.25, 0.3) is 0 Å². The van der Waals surface area contributed by atoms with E-state index in [1.54, 1.807) is 24.1 Å². The summed E-state index contributed by atoms with van der Waals surface area (Å²) >= 11 is 0. The lowest BCUT2D eigenvalue weighted by molar-refractivity contribution is -0.384. The predicted octanol–water partition coefficient (Wildman–Crippen LogP) is 2.38. The average Bonchev–Trinajstić information content (AvgIpc) is 2.61. The Hall–Kier alpha value is -3.03. The topological polar surface area (TPSA) is 98.5 Å². The summed E-state index contributed by atoms with van der Waals surface area (Å²) in [5.74, 6) is 0.983. The standard InChI is InChI=1S/C17H18N4O4/c1-12-18-9-8-16(19-12)25-15-3-2-10-20(11-15)17(22)13-4-6-14(7-5-13)21(23)24/h4-9,15H,2-3,10-11H2,1H3. The Bertz CT molecular complexity index is 778. The molecule has 3 rings (SSSR count). The molecule has 1 saturated heterocycles. The minimum absolute atomic E-state index is 0.0319. The molecule has 25 heavy (non-hydrogen) atoms. The number of ether oxygens (including phenoxy) is 1. The highest BCUT2D eigenvalue weighted by Gasteiger charge is 2.26. The lowest BCUT2D eigenvalue weighted by Crippen LogP contribution is -2.44. The summed E-state index contributed by atoms with van der Waals surface area (Å²) in [7, 11) is 0. The molecule has 1 atom stereocenters. The van der Waals surface area contributed by atoms with Gasteiger partial charge >= 0.3 is 0 Å². The molecule has 0 saturated carbocycles. The van der Waals surface area contributed by atoms with Gasteiger partial charge in [0.15, 0.2) is 0 Å². The van der Waals surface area contributed by atoms with Crippen LogP contribution in [0.5, 0.6) is 5.88 Å². The largest absolute Gasteiger partial charge is 0.472 e. The molecule has 1 amide bonds. The zero-order valence-corrected chi connectivity index (χ0v) is 13.8. The number of nitro benzene ring substituents is 1. The van der Waals surface area contributed by atoms with Gasteiger partial charge < -0.3 is 9.64 Å². The molecular weight excluding hydrogens is 324 g/mol. The minimum atomic E-state index is -0.483. The molecule has 0 radical (unpaired) electrons. The SMILES string of the molecule is Cc1nccc(OC2CCCN(C(=O)c3ccc([N+](=O)[O-])cc3)C2)n1. The Morgan fingerprint density at radius 2 is 2.08 bits per heavy atom. The van der Waals surface area contributed by atoms with E-state index in [0.29, 0.717) is 30.4 Å². The Balaban J connectivity index is 1.66. The van der Waals surface area contributed by atoms with Crippen LogP contribution in [-0.2, 0) is 0 Å². The fourth-order valence-corrected chi connectivity index (χ4v) is 2.80. The van der Waals surface area contributed by atoms with Crippen LogP contribution in [0.15, 0.2) is 36.5 Å². The van der Waals surface area contributed by atoms with Crippen LogP contribution in [0.2, 0.25) is 0 Å². The molecule has 1 aromatic carbocycles. The number of carbonyl (C=O) groups excluding carboxylic acids is 1. The van der Waals surface area contributed by atoms with E-state index in [1.807, 2.05) is 0 Å². The molecule has 1 aliphatic rings. The van der Waals surface area contributed by atoms with Crippen LogP contribution >= 0.6 is 0 Å². The van der Waals surface area contributed by atoms with E-state index in [2.05, 4.69) is 9.97 Å². The van der Waals surface area contributed by atoms with Gasteiger partial charge in [-0.3, -0.25) is 14.9 Å². The van der Waals surface area contributed by atoms with E-state index in [9.17, 15) is 14.9 Å². The Morgan fingerprint density at radius 1 is 1.32 bits per heavy atom. The van der Waals surface area contributed by atoms with Crippen molar-refractivity contribution in [3.05, 3.63) is 58.0 Å².